The average molecular weight is 261 g/mol. The zero-order valence-corrected chi connectivity index (χ0v) is 11.3. The van der Waals surface area contributed by atoms with E-state index in [2.05, 4.69) is 15.1 Å². The van der Waals surface area contributed by atoms with Gasteiger partial charge >= 0.3 is 0 Å². The van der Waals surface area contributed by atoms with Crippen molar-refractivity contribution in [3.05, 3.63) is 47.7 Å². The van der Waals surface area contributed by atoms with Gasteiger partial charge in [-0.3, -0.25) is 4.90 Å². The third-order valence-corrected chi connectivity index (χ3v) is 2.94. The molecule has 1 atom stereocenters. The summed E-state index contributed by atoms with van der Waals surface area (Å²) < 4.78 is 5.32. The van der Waals surface area contributed by atoms with Crippen LogP contribution in [0.4, 0.5) is 0 Å². The van der Waals surface area contributed by atoms with Crippen molar-refractivity contribution in [2.24, 2.45) is 0 Å². The second-order valence-electron chi connectivity index (χ2n) is 4.67. The lowest BCUT2D eigenvalue weighted by atomic mass is 10.1. The van der Waals surface area contributed by atoms with Crippen molar-refractivity contribution in [3.63, 3.8) is 0 Å². The van der Waals surface area contributed by atoms with Crippen LogP contribution in [0.2, 0.25) is 0 Å². The van der Waals surface area contributed by atoms with Crippen LogP contribution >= 0.6 is 0 Å². The molecule has 0 saturated heterocycles. The predicted molar refractivity (Wildman–Crippen MR) is 71.4 cm³/mol. The second kappa shape index (κ2) is 6.45. The molecule has 2 aromatic rings. The number of benzene rings is 1. The molecule has 0 aliphatic heterocycles. The molecule has 0 aliphatic carbocycles. The van der Waals surface area contributed by atoms with Gasteiger partial charge in [-0.1, -0.05) is 30.3 Å². The van der Waals surface area contributed by atoms with Gasteiger partial charge in [0.1, 0.15) is 0 Å². The van der Waals surface area contributed by atoms with Crippen LogP contribution in [0.3, 0.4) is 0 Å². The van der Waals surface area contributed by atoms with Crippen LogP contribution in [0.5, 0.6) is 0 Å². The highest BCUT2D eigenvalue weighted by atomic mass is 16.4. The third kappa shape index (κ3) is 4.15. The van der Waals surface area contributed by atoms with Gasteiger partial charge in [0, 0.05) is 13.5 Å². The zero-order valence-electron chi connectivity index (χ0n) is 11.3. The highest BCUT2D eigenvalue weighted by molar-refractivity contribution is 5.17. The molecule has 0 amide bonds. The van der Waals surface area contributed by atoms with Crippen LogP contribution in [0.1, 0.15) is 29.9 Å². The van der Waals surface area contributed by atoms with Crippen LogP contribution < -0.4 is 0 Å². The first-order valence-electron chi connectivity index (χ1n) is 6.35. The van der Waals surface area contributed by atoms with E-state index in [1.807, 2.05) is 37.4 Å². The fourth-order valence-electron chi connectivity index (χ4n) is 1.90. The number of hydrogen-bond donors (Lipinski definition) is 1. The van der Waals surface area contributed by atoms with Crippen LogP contribution in [0.25, 0.3) is 0 Å². The lowest BCUT2D eigenvalue weighted by Gasteiger charge is -2.17. The van der Waals surface area contributed by atoms with Crippen molar-refractivity contribution in [2.45, 2.75) is 26.0 Å². The number of aromatic nitrogens is 2. The van der Waals surface area contributed by atoms with Crippen molar-refractivity contribution >= 4 is 0 Å². The highest BCUT2D eigenvalue weighted by Gasteiger charge is 2.10. The largest absolute Gasteiger partial charge is 0.424 e. The molecule has 19 heavy (non-hydrogen) atoms. The fraction of sp³-hybridized carbons (Fsp3) is 0.429. The molecule has 0 aliphatic rings. The molecule has 0 bridgehead atoms. The van der Waals surface area contributed by atoms with Crippen molar-refractivity contribution in [1.29, 1.82) is 0 Å². The summed E-state index contributed by atoms with van der Waals surface area (Å²) in [7, 11) is 1.97. The van der Waals surface area contributed by atoms with Gasteiger partial charge in [0.05, 0.1) is 12.6 Å². The number of hydrogen-bond acceptors (Lipinski definition) is 5. The van der Waals surface area contributed by atoms with Gasteiger partial charge in [-0.25, -0.2) is 0 Å². The Bertz CT molecular complexity index is 498. The van der Waals surface area contributed by atoms with E-state index < -0.39 is 6.10 Å². The molecule has 0 saturated carbocycles. The molecule has 1 heterocycles. The Morgan fingerprint density at radius 3 is 2.63 bits per heavy atom. The van der Waals surface area contributed by atoms with Crippen LogP contribution in [0.15, 0.2) is 34.7 Å². The van der Waals surface area contributed by atoms with Gasteiger partial charge in [0.2, 0.25) is 11.8 Å². The van der Waals surface area contributed by atoms with E-state index in [4.69, 9.17) is 4.42 Å². The van der Waals surface area contributed by atoms with E-state index in [-0.39, 0.29) is 0 Å². The maximum Gasteiger partial charge on any atom is 0.230 e. The minimum atomic E-state index is -0.437. The Morgan fingerprint density at radius 1 is 1.26 bits per heavy atom. The lowest BCUT2D eigenvalue weighted by molar-refractivity contribution is 0.145. The smallest absolute Gasteiger partial charge is 0.230 e. The summed E-state index contributed by atoms with van der Waals surface area (Å²) >= 11 is 0. The first-order chi connectivity index (χ1) is 9.15. The second-order valence-corrected chi connectivity index (χ2v) is 4.67. The van der Waals surface area contributed by atoms with E-state index in [0.29, 0.717) is 24.7 Å². The molecule has 1 aromatic carbocycles. The number of aryl methyl sites for hydroxylation is 1. The standard InChI is InChI=1S/C14H19N3O2/c1-11-15-16-14(19-11)10-17(2)9-8-13(18)12-6-4-3-5-7-12/h3-7,13,18H,8-10H2,1-2H3. The molecular weight excluding hydrogens is 242 g/mol. The molecule has 102 valence electrons. The van der Waals surface area contributed by atoms with E-state index >= 15 is 0 Å². The summed E-state index contributed by atoms with van der Waals surface area (Å²) in [6.07, 6.45) is 0.237. The maximum atomic E-state index is 10.1. The normalized spacial score (nSPS) is 12.8. The molecule has 1 N–H and O–H groups in total. The minimum absolute atomic E-state index is 0.437. The number of aliphatic hydroxyl groups is 1. The molecule has 0 fully saturated rings. The van der Waals surface area contributed by atoms with Crippen LogP contribution in [-0.2, 0) is 6.54 Å². The molecule has 5 heteroatoms. The third-order valence-electron chi connectivity index (χ3n) is 2.94. The summed E-state index contributed by atoms with van der Waals surface area (Å²) in [5.74, 6) is 1.18. The summed E-state index contributed by atoms with van der Waals surface area (Å²) in [6, 6.07) is 9.69. The molecule has 0 spiro atoms. The van der Waals surface area contributed by atoms with Gasteiger partial charge in [-0.05, 0) is 19.0 Å². The number of nitrogens with zero attached hydrogens (tertiary/aromatic N) is 3. The molecule has 2 rings (SSSR count). The Hall–Kier alpha value is -1.72. The molecule has 5 nitrogen and oxygen atoms in total. The molecule has 0 radical (unpaired) electrons. The van der Waals surface area contributed by atoms with Crippen LogP contribution in [0, 0.1) is 6.92 Å². The van der Waals surface area contributed by atoms with Crippen molar-refractivity contribution < 1.29 is 9.52 Å². The Morgan fingerprint density at radius 2 is 2.00 bits per heavy atom. The molecule has 1 unspecified atom stereocenters. The first-order valence-corrected chi connectivity index (χ1v) is 6.35. The van der Waals surface area contributed by atoms with Gasteiger partial charge < -0.3 is 9.52 Å². The van der Waals surface area contributed by atoms with Crippen molar-refractivity contribution in [1.82, 2.24) is 15.1 Å². The number of rotatable bonds is 6. The molecular formula is C14H19N3O2. The van der Waals surface area contributed by atoms with Gasteiger partial charge in [-0.2, -0.15) is 0 Å². The summed E-state index contributed by atoms with van der Waals surface area (Å²) in [5.41, 5.74) is 0.949. The van der Waals surface area contributed by atoms with E-state index in [1.54, 1.807) is 6.92 Å². The highest BCUT2D eigenvalue weighted by Crippen LogP contribution is 2.16. The van der Waals surface area contributed by atoms with Gasteiger partial charge in [-0.15, -0.1) is 10.2 Å². The fourth-order valence-corrected chi connectivity index (χ4v) is 1.90. The lowest BCUT2D eigenvalue weighted by Crippen LogP contribution is -2.21. The van der Waals surface area contributed by atoms with Crippen molar-refractivity contribution in [2.75, 3.05) is 13.6 Å². The van der Waals surface area contributed by atoms with Gasteiger partial charge in [0.25, 0.3) is 0 Å². The van der Waals surface area contributed by atoms with E-state index in [0.717, 1.165) is 12.1 Å². The van der Waals surface area contributed by atoms with Gasteiger partial charge in [0.15, 0.2) is 0 Å². The Balaban J connectivity index is 1.79. The first kappa shape index (κ1) is 13.7. The van der Waals surface area contributed by atoms with Crippen LogP contribution in [-0.4, -0.2) is 33.8 Å². The SMILES string of the molecule is Cc1nnc(CN(C)CCC(O)c2ccccc2)o1. The monoisotopic (exact) mass is 261 g/mol. The quantitative estimate of drug-likeness (QED) is 0.861. The Labute approximate surface area is 112 Å². The van der Waals surface area contributed by atoms with E-state index in [9.17, 15) is 5.11 Å². The Kier molecular flexibility index (Phi) is 4.65. The van der Waals surface area contributed by atoms with E-state index in [1.165, 1.54) is 0 Å². The topological polar surface area (TPSA) is 62.4 Å². The molecule has 1 aromatic heterocycles. The summed E-state index contributed by atoms with van der Waals surface area (Å²) in [5, 5.41) is 17.8. The summed E-state index contributed by atoms with van der Waals surface area (Å²) in [4.78, 5) is 2.05. The number of aliphatic hydroxyl groups excluding tert-OH is 1. The van der Waals surface area contributed by atoms with Crippen molar-refractivity contribution in [3.8, 4) is 0 Å². The maximum absolute atomic E-state index is 10.1. The predicted octanol–water partition coefficient (Wildman–Crippen LogP) is 1.93. The minimum Gasteiger partial charge on any atom is -0.424 e. The summed E-state index contributed by atoms with van der Waals surface area (Å²) in [6.45, 7) is 3.13. The average Bonchev–Trinajstić information content (AvgIpc) is 2.82. The zero-order chi connectivity index (χ0) is 13.7.